The lowest BCUT2D eigenvalue weighted by molar-refractivity contribution is -0.134. The van der Waals surface area contributed by atoms with Gasteiger partial charge in [-0.3, -0.25) is 39.4 Å². The number of anilines is 3. The van der Waals surface area contributed by atoms with Crippen LogP contribution in [0.2, 0.25) is 0 Å². The van der Waals surface area contributed by atoms with Crippen molar-refractivity contribution >= 4 is 78.7 Å². The number of nitrogens with zero attached hydrogens (tertiary/aromatic N) is 6. The van der Waals surface area contributed by atoms with E-state index in [4.69, 9.17) is 14.5 Å². The van der Waals surface area contributed by atoms with Gasteiger partial charge >= 0.3 is 5.97 Å². The van der Waals surface area contributed by atoms with Crippen LogP contribution >= 0.6 is 11.3 Å². The fraction of sp³-hybridized carbons (Fsp3) is 0.379. The smallest absolute Gasteiger partial charge is 0.358 e. The first-order valence-corrected chi connectivity index (χ1v) is 26.7. The summed E-state index contributed by atoms with van der Waals surface area (Å²) >= 11 is 1.44. The molecule has 388 valence electrons. The van der Waals surface area contributed by atoms with Crippen LogP contribution in [0.4, 0.5) is 16.6 Å². The molecule has 0 spiro atoms. The highest BCUT2D eigenvalue weighted by Crippen LogP contribution is 2.37. The summed E-state index contributed by atoms with van der Waals surface area (Å²) in [5, 5.41) is 14.5. The lowest BCUT2D eigenvalue weighted by Crippen LogP contribution is -2.44. The van der Waals surface area contributed by atoms with E-state index in [1.165, 1.54) is 11.3 Å². The molecule has 75 heavy (non-hydrogen) atoms. The lowest BCUT2D eigenvalue weighted by Gasteiger charge is -2.37. The number of rotatable bonds is 14. The van der Waals surface area contributed by atoms with Gasteiger partial charge in [-0.05, 0) is 162 Å². The first-order chi connectivity index (χ1) is 36.0. The van der Waals surface area contributed by atoms with Crippen molar-refractivity contribution in [2.75, 3.05) is 41.8 Å². The normalized spacial score (nSPS) is 18.2. The molecule has 3 aromatic heterocycles. The number of fused-ring (bicyclic) bond motifs is 3. The van der Waals surface area contributed by atoms with Gasteiger partial charge in [0.05, 0.1) is 40.5 Å². The summed E-state index contributed by atoms with van der Waals surface area (Å²) in [5.74, 6) is -0.0611. The lowest BCUT2D eigenvalue weighted by atomic mass is 9.88. The highest BCUT2D eigenvalue weighted by molar-refractivity contribution is 7.22. The van der Waals surface area contributed by atoms with E-state index in [0.29, 0.717) is 71.9 Å². The van der Waals surface area contributed by atoms with Crippen LogP contribution in [0.1, 0.15) is 115 Å². The Labute approximate surface area is 440 Å². The van der Waals surface area contributed by atoms with E-state index in [-0.39, 0.29) is 48.3 Å². The van der Waals surface area contributed by atoms with E-state index < -0.39 is 17.5 Å². The fourth-order valence-corrected chi connectivity index (χ4v) is 11.7. The van der Waals surface area contributed by atoms with Gasteiger partial charge in [0.2, 0.25) is 17.7 Å². The van der Waals surface area contributed by atoms with Crippen LogP contribution in [-0.2, 0) is 39.1 Å². The van der Waals surface area contributed by atoms with Gasteiger partial charge < -0.3 is 19.7 Å². The number of hydrogen-bond acceptors (Lipinski definition) is 13. The van der Waals surface area contributed by atoms with Crippen LogP contribution in [0.25, 0.3) is 32.2 Å². The molecule has 3 aliphatic rings. The van der Waals surface area contributed by atoms with Gasteiger partial charge in [-0.1, -0.05) is 47.7 Å². The molecule has 4 aromatic carbocycles. The van der Waals surface area contributed by atoms with Gasteiger partial charge in [-0.15, -0.1) is 0 Å². The monoisotopic (exact) mass is 1030 g/mol. The van der Waals surface area contributed by atoms with E-state index in [1.807, 2.05) is 120 Å². The Balaban J connectivity index is 0.749. The number of hydrogen-bond donors (Lipinski definition) is 3. The molecule has 1 unspecified atom stereocenters. The van der Waals surface area contributed by atoms with Crippen molar-refractivity contribution in [3.63, 3.8) is 0 Å². The Hall–Kier alpha value is -7.50. The Bertz CT molecular complexity index is 3330. The zero-order valence-electron chi connectivity index (χ0n) is 43.3. The third-order valence-electron chi connectivity index (χ3n) is 14.6. The molecule has 2 saturated heterocycles. The van der Waals surface area contributed by atoms with Crippen LogP contribution in [0.3, 0.4) is 0 Å². The number of nitrogens with one attached hydrogen (secondary N) is 3. The number of carbonyl (C=O) groups excluding carboxylic acids is 5. The number of imide groups is 1. The van der Waals surface area contributed by atoms with Gasteiger partial charge in [0.15, 0.2) is 10.8 Å². The Kier molecular flexibility index (Phi) is 14.5. The highest BCUT2D eigenvalue weighted by atomic mass is 32.1. The molecule has 0 saturated carbocycles. The number of pyridine rings is 1. The number of aromatic nitrogens is 4. The molecule has 3 atom stereocenters. The molecule has 2 fully saturated rings. The van der Waals surface area contributed by atoms with Crippen molar-refractivity contribution in [1.29, 1.82) is 0 Å². The number of para-hydroxylation sites is 1. The summed E-state index contributed by atoms with van der Waals surface area (Å²) in [5.41, 5.74) is 7.35. The number of likely N-dealkylation sites (tertiary alicyclic amines) is 1. The molecule has 3 aliphatic heterocycles. The minimum atomic E-state index is -0.753. The largest absolute Gasteiger partial charge is 0.493 e. The van der Waals surface area contributed by atoms with Crippen LogP contribution in [-0.4, -0.2) is 92.1 Å². The van der Waals surface area contributed by atoms with Crippen LogP contribution in [0, 0.1) is 12.8 Å². The van der Waals surface area contributed by atoms with Gasteiger partial charge in [-0.25, -0.2) is 14.8 Å². The second kappa shape index (κ2) is 21.4. The van der Waals surface area contributed by atoms with E-state index in [2.05, 4.69) is 48.8 Å². The molecular formula is C58H63N9O7S. The summed E-state index contributed by atoms with van der Waals surface area (Å²) in [6, 6.07) is 29.2. The summed E-state index contributed by atoms with van der Waals surface area (Å²) in [6.07, 6.45) is 5.22. The van der Waals surface area contributed by atoms with Gasteiger partial charge in [0.1, 0.15) is 17.2 Å². The third kappa shape index (κ3) is 11.3. The predicted molar refractivity (Wildman–Crippen MR) is 291 cm³/mol. The summed E-state index contributed by atoms with van der Waals surface area (Å²) in [4.78, 5) is 79.5. The van der Waals surface area contributed by atoms with Crippen molar-refractivity contribution in [2.24, 2.45) is 13.0 Å². The van der Waals surface area contributed by atoms with Crippen molar-refractivity contribution < 1.29 is 33.4 Å². The molecule has 0 radical (unpaired) electrons. The summed E-state index contributed by atoms with van der Waals surface area (Å²) < 4.78 is 15.1. The number of carbonyl (C=O) groups is 5. The number of thiazole rings is 1. The molecule has 0 aliphatic carbocycles. The average molecular weight is 1030 g/mol. The molecular weight excluding hydrogens is 967 g/mol. The Morgan fingerprint density at radius 1 is 0.893 bits per heavy atom. The van der Waals surface area contributed by atoms with E-state index >= 15 is 0 Å². The van der Waals surface area contributed by atoms with Crippen molar-refractivity contribution in [3.05, 3.63) is 125 Å². The van der Waals surface area contributed by atoms with Crippen molar-refractivity contribution in [1.82, 2.24) is 30.0 Å². The maximum atomic E-state index is 14.1. The van der Waals surface area contributed by atoms with E-state index in [0.717, 1.165) is 81.4 Å². The van der Waals surface area contributed by atoms with E-state index in [1.54, 1.807) is 4.68 Å². The molecule has 4 amide bonds. The standard InChI is InChI=1S/C58H63N9O7S/c1-34-30-36(25-27-66(34)33-51(69)59-38-19-20-42-46(31-38)65(6)64-52(42)43-22-24-50(68)62-55(43)71)12-11-29-73-47-17-10-14-39(35(47)2)40-21-23-49(61-53(40)56(72)74-58(3,4)5)67-28-26-37-13-9-15-41(44(37)32-67)54(70)63-57-60-45-16-7-8-18-48(45)75-57/h7-10,13-21,23,31,34,36,43H,11-12,22,24-30,32-33H2,1-6H3,(H,59,69)(H,60,63,70)(H,62,68,71)/t34-,36-,43?/m0/s1. The van der Waals surface area contributed by atoms with Crippen LogP contribution in [0.5, 0.6) is 5.75 Å². The van der Waals surface area contributed by atoms with Crippen molar-refractivity contribution in [3.8, 4) is 16.9 Å². The second-order valence-corrected chi connectivity index (χ2v) is 22.1. The number of aryl methyl sites for hydroxylation is 1. The minimum absolute atomic E-state index is 0.0879. The van der Waals surface area contributed by atoms with Gasteiger partial charge in [-0.2, -0.15) is 5.10 Å². The minimum Gasteiger partial charge on any atom is -0.493 e. The highest BCUT2D eigenvalue weighted by Gasteiger charge is 2.33. The predicted octanol–water partition coefficient (Wildman–Crippen LogP) is 9.74. The first-order valence-electron chi connectivity index (χ1n) is 25.9. The molecule has 3 N–H and O–H groups in total. The topological polar surface area (TPSA) is 190 Å². The molecule has 16 nitrogen and oxygen atoms in total. The number of ether oxygens (including phenoxy) is 2. The number of esters is 1. The third-order valence-corrected chi connectivity index (χ3v) is 15.6. The van der Waals surface area contributed by atoms with Crippen molar-refractivity contribution in [2.45, 2.75) is 104 Å². The second-order valence-electron chi connectivity index (χ2n) is 21.0. The SMILES string of the molecule is Cc1c(OCCC[C@H]2CCN(CC(=O)Nc3ccc4c(C5CCC(=O)NC5=O)nn(C)c4c3)[C@@H](C)C2)cccc1-c1ccc(N2CCc3cccc(C(=O)Nc4nc5ccccc5s4)c3C2)nc1C(=O)OC(C)(C)C. The molecule has 17 heteroatoms. The Morgan fingerprint density at radius 3 is 2.52 bits per heavy atom. The van der Waals surface area contributed by atoms with Crippen LogP contribution < -0.4 is 25.6 Å². The molecule has 0 bridgehead atoms. The molecule has 7 aromatic rings. The van der Waals surface area contributed by atoms with Gasteiger partial charge in [0, 0.05) is 54.8 Å². The zero-order valence-corrected chi connectivity index (χ0v) is 44.1. The Morgan fingerprint density at radius 2 is 1.72 bits per heavy atom. The number of benzene rings is 4. The van der Waals surface area contributed by atoms with Gasteiger partial charge in [0.25, 0.3) is 5.91 Å². The zero-order chi connectivity index (χ0) is 52.5. The molecule has 10 rings (SSSR count). The first kappa shape index (κ1) is 51.0. The fourth-order valence-electron chi connectivity index (χ4n) is 10.8. The van der Waals surface area contributed by atoms with E-state index in [9.17, 15) is 24.0 Å². The molecule has 6 heterocycles. The summed E-state index contributed by atoms with van der Waals surface area (Å²) in [7, 11) is 1.81. The maximum absolute atomic E-state index is 14.1. The summed E-state index contributed by atoms with van der Waals surface area (Å²) in [6.45, 7) is 12.4. The quantitative estimate of drug-likeness (QED) is 0.0532. The number of piperidine rings is 2. The number of amides is 4. The maximum Gasteiger partial charge on any atom is 0.358 e. The average Bonchev–Trinajstić information content (AvgIpc) is 3.96. The van der Waals surface area contributed by atoms with Crippen LogP contribution in [0.15, 0.2) is 91.0 Å².